The van der Waals surface area contributed by atoms with Crippen LogP contribution in [0.1, 0.15) is 40.0 Å². The first kappa shape index (κ1) is 12.7. The van der Waals surface area contributed by atoms with Gasteiger partial charge in [0.25, 0.3) is 0 Å². The lowest BCUT2D eigenvalue weighted by Crippen LogP contribution is -2.54. The lowest BCUT2D eigenvalue weighted by molar-refractivity contribution is 0.0106. The molecule has 2 unspecified atom stereocenters. The predicted octanol–water partition coefficient (Wildman–Crippen LogP) is 2.00. The van der Waals surface area contributed by atoms with Crippen LogP contribution in [0.2, 0.25) is 0 Å². The summed E-state index contributed by atoms with van der Waals surface area (Å²) in [5.74, 6) is 0.616. The van der Waals surface area contributed by atoms with Crippen molar-refractivity contribution in [3.05, 3.63) is 0 Å². The molecule has 0 saturated carbocycles. The number of hydrogen-bond acceptors (Lipinski definition) is 3. The monoisotopic (exact) mass is 240 g/mol. The summed E-state index contributed by atoms with van der Waals surface area (Å²) < 4.78 is 5.42. The molecule has 4 nitrogen and oxygen atoms in total. The number of piperidine rings is 2. The highest BCUT2D eigenvalue weighted by Crippen LogP contribution is 2.25. The minimum Gasteiger partial charge on any atom is -0.444 e. The molecule has 2 aliphatic rings. The van der Waals surface area contributed by atoms with Gasteiger partial charge in [-0.15, -0.1) is 0 Å². The molecule has 0 aromatic heterocycles. The maximum absolute atomic E-state index is 12.0. The second kappa shape index (κ2) is 4.84. The van der Waals surface area contributed by atoms with Gasteiger partial charge in [0.15, 0.2) is 0 Å². The summed E-state index contributed by atoms with van der Waals surface area (Å²) in [6, 6.07) is 0.613. The van der Waals surface area contributed by atoms with E-state index in [1.807, 2.05) is 25.7 Å². The third-order valence-electron chi connectivity index (χ3n) is 3.54. The molecule has 2 saturated heterocycles. The lowest BCUT2D eigenvalue weighted by atomic mass is 9.85. The third-order valence-corrected chi connectivity index (χ3v) is 3.54. The summed E-state index contributed by atoms with van der Waals surface area (Å²) in [5, 5.41) is 3.55. The number of nitrogens with zero attached hydrogens (tertiary/aromatic N) is 1. The average Bonchev–Trinajstić information content (AvgIpc) is 2.26. The van der Waals surface area contributed by atoms with Gasteiger partial charge in [0, 0.05) is 19.1 Å². The van der Waals surface area contributed by atoms with Gasteiger partial charge in [-0.3, -0.25) is 0 Å². The SMILES string of the molecule is CC(C)(C)OC(=O)N1CCC2NCCCC2C1. The van der Waals surface area contributed by atoms with E-state index in [9.17, 15) is 4.79 Å². The van der Waals surface area contributed by atoms with Gasteiger partial charge in [0.1, 0.15) is 5.60 Å². The van der Waals surface area contributed by atoms with Crippen LogP contribution in [0, 0.1) is 5.92 Å². The summed E-state index contributed by atoms with van der Waals surface area (Å²) >= 11 is 0. The number of carbonyl (C=O) groups is 1. The van der Waals surface area contributed by atoms with Gasteiger partial charge in [-0.2, -0.15) is 0 Å². The summed E-state index contributed by atoms with van der Waals surface area (Å²) in [6.45, 7) is 8.56. The van der Waals surface area contributed by atoms with Crippen LogP contribution in [0.25, 0.3) is 0 Å². The first-order valence-corrected chi connectivity index (χ1v) is 6.67. The van der Waals surface area contributed by atoms with E-state index in [1.165, 1.54) is 12.8 Å². The fourth-order valence-electron chi connectivity index (χ4n) is 2.74. The highest BCUT2D eigenvalue weighted by atomic mass is 16.6. The van der Waals surface area contributed by atoms with E-state index in [1.54, 1.807) is 0 Å². The molecule has 17 heavy (non-hydrogen) atoms. The molecule has 0 bridgehead atoms. The fraction of sp³-hybridized carbons (Fsp3) is 0.923. The first-order valence-electron chi connectivity index (χ1n) is 6.67. The molecule has 0 radical (unpaired) electrons. The van der Waals surface area contributed by atoms with Gasteiger partial charge in [0.05, 0.1) is 0 Å². The van der Waals surface area contributed by atoms with Gasteiger partial charge in [-0.05, 0) is 52.5 Å². The molecule has 2 aliphatic heterocycles. The van der Waals surface area contributed by atoms with Crippen molar-refractivity contribution in [2.75, 3.05) is 19.6 Å². The summed E-state index contributed by atoms with van der Waals surface area (Å²) in [6.07, 6.45) is 3.37. The standard InChI is InChI=1S/C13H24N2O2/c1-13(2,3)17-12(16)15-8-6-11-10(9-15)5-4-7-14-11/h10-11,14H,4-9H2,1-3H3. The lowest BCUT2D eigenvalue weighted by Gasteiger charge is -2.41. The second-order valence-electron chi connectivity index (χ2n) is 6.18. The van der Waals surface area contributed by atoms with Crippen LogP contribution in [-0.4, -0.2) is 42.3 Å². The maximum atomic E-state index is 12.0. The Morgan fingerprint density at radius 2 is 2.12 bits per heavy atom. The Morgan fingerprint density at radius 1 is 1.35 bits per heavy atom. The molecule has 2 heterocycles. The number of rotatable bonds is 0. The normalized spacial score (nSPS) is 29.7. The quantitative estimate of drug-likeness (QED) is 0.704. The van der Waals surface area contributed by atoms with Crippen LogP contribution in [0.4, 0.5) is 4.79 Å². The number of ether oxygens (including phenoxy) is 1. The summed E-state index contributed by atoms with van der Waals surface area (Å²) in [7, 11) is 0. The smallest absolute Gasteiger partial charge is 0.410 e. The third kappa shape index (κ3) is 3.35. The molecule has 0 aromatic rings. The van der Waals surface area contributed by atoms with Gasteiger partial charge in [0.2, 0.25) is 0 Å². The molecule has 0 spiro atoms. The topological polar surface area (TPSA) is 41.6 Å². The van der Waals surface area contributed by atoms with Gasteiger partial charge >= 0.3 is 6.09 Å². The van der Waals surface area contributed by atoms with E-state index < -0.39 is 5.60 Å². The predicted molar refractivity (Wildman–Crippen MR) is 66.9 cm³/mol. The van der Waals surface area contributed by atoms with Crippen LogP contribution in [0.5, 0.6) is 0 Å². The van der Waals surface area contributed by atoms with Crippen molar-refractivity contribution in [2.24, 2.45) is 5.92 Å². The number of carbonyl (C=O) groups excluding carboxylic acids is 1. The minimum absolute atomic E-state index is 0.151. The average molecular weight is 240 g/mol. The number of nitrogens with one attached hydrogen (secondary N) is 1. The largest absolute Gasteiger partial charge is 0.444 e. The molecule has 1 amide bonds. The molecule has 0 aromatic carbocycles. The number of hydrogen-bond donors (Lipinski definition) is 1. The Kier molecular flexibility index (Phi) is 3.61. The van der Waals surface area contributed by atoms with Crippen molar-refractivity contribution in [2.45, 2.75) is 51.7 Å². The van der Waals surface area contributed by atoms with E-state index in [2.05, 4.69) is 5.32 Å². The van der Waals surface area contributed by atoms with Crippen LogP contribution in [0.3, 0.4) is 0 Å². The van der Waals surface area contributed by atoms with Crippen LogP contribution in [-0.2, 0) is 4.74 Å². The maximum Gasteiger partial charge on any atom is 0.410 e. The van der Waals surface area contributed by atoms with Crippen molar-refractivity contribution in [1.82, 2.24) is 10.2 Å². The number of amides is 1. The van der Waals surface area contributed by atoms with E-state index in [4.69, 9.17) is 4.74 Å². The summed E-state index contributed by atoms with van der Waals surface area (Å²) in [5.41, 5.74) is -0.390. The van der Waals surface area contributed by atoms with Crippen molar-refractivity contribution in [3.8, 4) is 0 Å². The van der Waals surface area contributed by atoms with Crippen LogP contribution in [0.15, 0.2) is 0 Å². The van der Waals surface area contributed by atoms with E-state index >= 15 is 0 Å². The summed E-state index contributed by atoms with van der Waals surface area (Å²) in [4.78, 5) is 13.8. The fourth-order valence-corrected chi connectivity index (χ4v) is 2.74. The van der Waals surface area contributed by atoms with Crippen molar-refractivity contribution in [3.63, 3.8) is 0 Å². The zero-order valence-corrected chi connectivity index (χ0v) is 11.2. The highest BCUT2D eigenvalue weighted by Gasteiger charge is 2.34. The van der Waals surface area contributed by atoms with Crippen molar-refractivity contribution < 1.29 is 9.53 Å². The van der Waals surface area contributed by atoms with Crippen LogP contribution < -0.4 is 5.32 Å². The van der Waals surface area contributed by atoms with Gasteiger partial charge < -0.3 is 15.0 Å². The Morgan fingerprint density at radius 3 is 2.82 bits per heavy atom. The molecule has 0 aliphatic carbocycles. The Balaban J connectivity index is 1.89. The van der Waals surface area contributed by atoms with E-state index in [0.29, 0.717) is 12.0 Å². The molecule has 98 valence electrons. The Labute approximate surface area is 104 Å². The van der Waals surface area contributed by atoms with E-state index in [-0.39, 0.29) is 6.09 Å². The van der Waals surface area contributed by atoms with Gasteiger partial charge in [-0.1, -0.05) is 0 Å². The molecule has 1 N–H and O–H groups in total. The molecular weight excluding hydrogens is 216 g/mol. The molecule has 4 heteroatoms. The number of fused-ring (bicyclic) bond motifs is 1. The molecule has 2 fully saturated rings. The highest BCUT2D eigenvalue weighted by molar-refractivity contribution is 5.68. The zero-order chi connectivity index (χ0) is 12.5. The Bertz CT molecular complexity index is 286. The second-order valence-corrected chi connectivity index (χ2v) is 6.18. The van der Waals surface area contributed by atoms with Crippen molar-refractivity contribution >= 4 is 6.09 Å². The van der Waals surface area contributed by atoms with Gasteiger partial charge in [-0.25, -0.2) is 4.79 Å². The van der Waals surface area contributed by atoms with Crippen LogP contribution >= 0.6 is 0 Å². The number of likely N-dealkylation sites (tertiary alicyclic amines) is 1. The molecular formula is C13H24N2O2. The first-order chi connectivity index (χ1) is 7.96. The zero-order valence-electron chi connectivity index (χ0n) is 11.2. The molecule has 2 atom stereocenters. The molecule has 2 rings (SSSR count). The van der Waals surface area contributed by atoms with Crippen molar-refractivity contribution in [1.29, 1.82) is 0 Å². The minimum atomic E-state index is -0.390. The Hall–Kier alpha value is -0.770. The van der Waals surface area contributed by atoms with E-state index in [0.717, 1.165) is 26.1 Å².